The molecule has 0 unspecified atom stereocenters. The fraction of sp³-hybridized carbons (Fsp3) is 0.400. The maximum absolute atomic E-state index is 14.8. The minimum Gasteiger partial charge on any atom is -0.474 e. The first-order chi connectivity index (χ1) is 14.1. The molecule has 0 atom stereocenters. The molecule has 1 fully saturated rings. The summed E-state index contributed by atoms with van der Waals surface area (Å²) in [5.74, 6) is -0.341. The SMILES string of the molecule is CCc1cc(C#N)c(OCCOC2CC2)nc1Oc1ccc2c(c1F)COB2O. The van der Waals surface area contributed by atoms with Crippen LogP contribution in [0.5, 0.6) is 17.5 Å². The van der Waals surface area contributed by atoms with Crippen LogP contribution in [0.3, 0.4) is 0 Å². The molecule has 7 nitrogen and oxygen atoms in total. The molecule has 1 aliphatic carbocycles. The van der Waals surface area contributed by atoms with Crippen LogP contribution in [0.15, 0.2) is 18.2 Å². The number of rotatable bonds is 8. The fourth-order valence-electron chi connectivity index (χ4n) is 3.07. The third-order valence-corrected chi connectivity index (χ3v) is 4.83. The fourth-order valence-corrected chi connectivity index (χ4v) is 3.07. The summed E-state index contributed by atoms with van der Waals surface area (Å²) in [5, 5.41) is 19.1. The minimum atomic E-state index is -1.13. The zero-order chi connectivity index (χ0) is 20.4. The zero-order valence-electron chi connectivity index (χ0n) is 16.0. The maximum Gasteiger partial charge on any atom is 0.491 e. The summed E-state index contributed by atoms with van der Waals surface area (Å²) < 4.78 is 36.8. The smallest absolute Gasteiger partial charge is 0.474 e. The summed E-state index contributed by atoms with van der Waals surface area (Å²) in [4.78, 5) is 4.32. The van der Waals surface area contributed by atoms with Crippen LogP contribution in [0, 0.1) is 17.1 Å². The highest BCUT2D eigenvalue weighted by molar-refractivity contribution is 6.61. The number of aryl methyl sites for hydroxylation is 1. The van der Waals surface area contributed by atoms with Gasteiger partial charge in [-0.15, -0.1) is 0 Å². The molecule has 29 heavy (non-hydrogen) atoms. The van der Waals surface area contributed by atoms with Crippen LogP contribution in [-0.4, -0.2) is 36.4 Å². The van der Waals surface area contributed by atoms with Gasteiger partial charge in [0.15, 0.2) is 11.6 Å². The first-order valence-electron chi connectivity index (χ1n) is 9.58. The van der Waals surface area contributed by atoms with Gasteiger partial charge in [0.1, 0.15) is 18.2 Å². The summed E-state index contributed by atoms with van der Waals surface area (Å²) in [6.07, 6.45) is 2.99. The normalized spacial score (nSPS) is 15.2. The highest BCUT2D eigenvalue weighted by atomic mass is 19.1. The van der Waals surface area contributed by atoms with E-state index in [1.165, 1.54) is 6.07 Å². The lowest BCUT2D eigenvalue weighted by molar-refractivity contribution is 0.0863. The van der Waals surface area contributed by atoms with Gasteiger partial charge < -0.3 is 23.9 Å². The van der Waals surface area contributed by atoms with E-state index in [1.807, 2.05) is 6.92 Å². The number of benzene rings is 1. The van der Waals surface area contributed by atoms with Crippen molar-refractivity contribution in [3.8, 4) is 23.6 Å². The lowest BCUT2D eigenvalue weighted by Gasteiger charge is -2.14. The lowest BCUT2D eigenvalue weighted by atomic mass is 9.79. The number of nitrogens with zero attached hydrogens (tertiary/aromatic N) is 2. The van der Waals surface area contributed by atoms with E-state index in [0.717, 1.165) is 12.8 Å². The molecule has 1 aliphatic heterocycles. The number of pyridine rings is 1. The van der Waals surface area contributed by atoms with E-state index >= 15 is 0 Å². The van der Waals surface area contributed by atoms with E-state index in [9.17, 15) is 14.7 Å². The third kappa shape index (κ3) is 4.20. The number of halogens is 1. The first kappa shape index (κ1) is 19.6. The number of ether oxygens (including phenoxy) is 3. The predicted molar refractivity (Wildman–Crippen MR) is 102 cm³/mol. The minimum absolute atomic E-state index is 0.0311. The monoisotopic (exact) mass is 398 g/mol. The average molecular weight is 398 g/mol. The Morgan fingerprint density at radius 3 is 2.90 bits per heavy atom. The predicted octanol–water partition coefficient (Wildman–Crippen LogP) is 2.22. The summed E-state index contributed by atoms with van der Waals surface area (Å²) in [7, 11) is -1.13. The van der Waals surface area contributed by atoms with Crippen molar-refractivity contribution in [1.29, 1.82) is 5.26 Å². The van der Waals surface area contributed by atoms with Crippen LogP contribution < -0.4 is 14.9 Å². The van der Waals surface area contributed by atoms with Gasteiger partial charge in [0.2, 0.25) is 11.8 Å². The van der Waals surface area contributed by atoms with Crippen molar-refractivity contribution < 1.29 is 28.3 Å². The Labute approximate surface area is 168 Å². The van der Waals surface area contributed by atoms with Crippen LogP contribution >= 0.6 is 0 Å². The van der Waals surface area contributed by atoms with E-state index in [2.05, 4.69) is 11.1 Å². The average Bonchev–Trinajstić information content (AvgIpc) is 3.48. The third-order valence-electron chi connectivity index (χ3n) is 4.83. The number of hydrogen-bond acceptors (Lipinski definition) is 7. The summed E-state index contributed by atoms with van der Waals surface area (Å²) in [6, 6.07) is 6.70. The van der Waals surface area contributed by atoms with Gasteiger partial charge in [0, 0.05) is 11.1 Å². The molecule has 9 heteroatoms. The molecule has 2 heterocycles. The van der Waals surface area contributed by atoms with E-state index in [-0.39, 0.29) is 41.9 Å². The van der Waals surface area contributed by atoms with Gasteiger partial charge in [-0.05, 0) is 36.9 Å². The molecular weight excluding hydrogens is 378 g/mol. The van der Waals surface area contributed by atoms with Crippen molar-refractivity contribution in [2.24, 2.45) is 0 Å². The molecule has 0 radical (unpaired) electrons. The quantitative estimate of drug-likeness (QED) is 0.538. The molecule has 2 aliphatic rings. The van der Waals surface area contributed by atoms with Gasteiger partial charge >= 0.3 is 7.12 Å². The largest absolute Gasteiger partial charge is 0.491 e. The van der Waals surface area contributed by atoms with E-state index < -0.39 is 12.9 Å². The van der Waals surface area contributed by atoms with Gasteiger partial charge in [-0.2, -0.15) is 10.2 Å². The van der Waals surface area contributed by atoms with Crippen LogP contribution in [0.2, 0.25) is 0 Å². The number of fused-ring (bicyclic) bond motifs is 1. The van der Waals surface area contributed by atoms with Crippen LogP contribution in [-0.2, 0) is 22.4 Å². The van der Waals surface area contributed by atoms with Crippen LogP contribution in [0.4, 0.5) is 4.39 Å². The van der Waals surface area contributed by atoms with E-state index in [0.29, 0.717) is 30.2 Å². The molecule has 1 N–H and O–H groups in total. The Morgan fingerprint density at radius 2 is 2.17 bits per heavy atom. The number of hydrogen-bond donors (Lipinski definition) is 1. The molecule has 4 rings (SSSR count). The van der Waals surface area contributed by atoms with Crippen molar-refractivity contribution >= 4 is 12.6 Å². The van der Waals surface area contributed by atoms with E-state index in [4.69, 9.17) is 18.9 Å². The molecule has 2 aromatic rings. The first-order valence-corrected chi connectivity index (χ1v) is 9.58. The Morgan fingerprint density at radius 1 is 1.34 bits per heavy atom. The lowest BCUT2D eigenvalue weighted by Crippen LogP contribution is -2.28. The second-order valence-electron chi connectivity index (χ2n) is 6.90. The summed E-state index contributed by atoms with van der Waals surface area (Å²) >= 11 is 0. The van der Waals surface area contributed by atoms with Crippen molar-refractivity contribution in [2.45, 2.75) is 38.9 Å². The standard InChI is InChI=1S/C20H20BFN2O5/c1-2-12-9-13(10-23)19(27-8-7-26-14-3-4-14)24-20(12)29-17-6-5-16-15(18(17)22)11-28-21(16)25/h5-6,9,14,25H,2-4,7-8,11H2,1H3. The van der Waals surface area contributed by atoms with Crippen molar-refractivity contribution in [3.63, 3.8) is 0 Å². The van der Waals surface area contributed by atoms with Crippen LogP contribution in [0.25, 0.3) is 0 Å². The van der Waals surface area contributed by atoms with Gasteiger partial charge in [-0.3, -0.25) is 0 Å². The molecule has 1 aromatic carbocycles. The molecule has 1 aromatic heterocycles. The van der Waals surface area contributed by atoms with Gasteiger partial charge in [-0.25, -0.2) is 4.39 Å². The Kier molecular flexibility index (Phi) is 5.67. The molecule has 0 bridgehead atoms. The van der Waals surface area contributed by atoms with E-state index in [1.54, 1.807) is 12.1 Å². The second kappa shape index (κ2) is 8.37. The molecule has 150 valence electrons. The Hall–Kier alpha value is -2.67. The Balaban J connectivity index is 1.57. The maximum atomic E-state index is 14.8. The zero-order valence-corrected chi connectivity index (χ0v) is 16.0. The molecular formula is C20H20BFN2O5. The number of aromatic nitrogens is 1. The molecule has 0 amide bonds. The Bertz CT molecular complexity index is 961. The highest BCUT2D eigenvalue weighted by Gasteiger charge is 2.31. The second-order valence-corrected chi connectivity index (χ2v) is 6.90. The van der Waals surface area contributed by atoms with Crippen molar-refractivity contribution in [3.05, 3.63) is 40.7 Å². The van der Waals surface area contributed by atoms with Crippen molar-refractivity contribution in [1.82, 2.24) is 4.98 Å². The topological polar surface area (TPSA) is 93.8 Å². The van der Waals surface area contributed by atoms with Gasteiger partial charge in [-0.1, -0.05) is 13.0 Å². The molecule has 0 spiro atoms. The summed E-state index contributed by atoms with van der Waals surface area (Å²) in [5.41, 5.74) is 1.58. The van der Waals surface area contributed by atoms with Crippen LogP contribution in [0.1, 0.15) is 36.5 Å². The van der Waals surface area contributed by atoms with Gasteiger partial charge in [0.05, 0.1) is 19.3 Å². The highest BCUT2D eigenvalue weighted by Crippen LogP contribution is 2.32. The van der Waals surface area contributed by atoms with Crippen molar-refractivity contribution in [2.75, 3.05) is 13.2 Å². The summed E-state index contributed by atoms with van der Waals surface area (Å²) in [6.45, 7) is 2.52. The molecule has 1 saturated carbocycles. The number of nitriles is 1. The van der Waals surface area contributed by atoms with Gasteiger partial charge in [0.25, 0.3) is 0 Å². The molecule has 0 saturated heterocycles.